The third-order valence-electron chi connectivity index (χ3n) is 5.25. The van der Waals surface area contributed by atoms with Crippen molar-refractivity contribution in [3.05, 3.63) is 63.4 Å². The molecule has 0 amide bonds. The van der Waals surface area contributed by atoms with E-state index < -0.39 is 23.8 Å². The molecule has 0 atom stereocenters. The summed E-state index contributed by atoms with van der Waals surface area (Å²) in [4.78, 5) is 42.5. The summed E-state index contributed by atoms with van der Waals surface area (Å²) >= 11 is 1.24. The molecule has 0 saturated carbocycles. The minimum Gasteiger partial charge on any atom is -0.463 e. The van der Waals surface area contributed by atoms with Gasteiger partial charge in [0.1, 0.15) is 0 Å². The van der Waals surface area contributed by atoms with Gasteiger partial charge in [0.15, 0.2) is 10.8 Å². The van der Waals surface area contributed by atoms with Gasteiger partial charge in [0.2, 0.25) is 0 Å². The molecule has 1 aromatic carbocycles. The Balaban J connectivity index is 2.10. The number of ether oxygens (including phenoxy) is 3. The van der Waals surface area contributed by atoms with E-state index >= 15 is 0 Å². The molecule has 0 saturated heterocycles. The first-order valence-corrected chi connectivity index (χ1v) is 12.2. The Morgan fingerprint density at radius 3 is 2.03 bits per heavy atom. The SMILES string of the molecule is CCOC(=O)C1=C(C)NC(C)=C(C(=O)OCC)C1c1ccccc1Nc1nc(C(=O)OCC)cs1. The first-order chi connectivity index (χ1) is 16.8. The van der Waals surface area contributed by atoms with E-state index in [-0.39, 0.29) is 25.5 Å². The van der Waals surface area contributed by atoms with Crippen LogP contribution in [-0.2, 0) is 23.8 Å². The van der Waals surface area contributed by atoms with E-state index in [0.717, 1.165) is 0 Å². The number of dihydropyridines is 1. The van der Waals surface area contributed by atoms with Gasteiger partial charge in [-0.3, -0.25) is 0 Å². The maximum atomic E-state index is 13.1. The van der Waals surface area contributed by atoms with Crippen LogP contribution in [0.25, 0.3) is 0 Å². The second-order valence-electron chi connectivity index (χ2n) is 7.55. The van der Waals surface area contributed by atoms with Gasteiger partial charge in [0, 0.05) is 22.5 Å². The zero-order valence-electron chi connectivity index (χ0n) is 20.4. The van der Waals surface area contributed by atoms with Crippen molar-refractivity contribution in [1.29, 1.82) is 0 Å². The van der Waals surface area contributed by atoms with Gasteiger partial charge in [-0.1, -0.05) is 18.2 Å². The molecule has 2 heterocycles. The number of anilines is 2. The Morgan fingerprint density at radius 2 is 1.46 bits per heavy atom. The molecule has 0 radical (unpaired) electrons. The molecular formula is C25H29N3O6S. The van der Waals surface area contributed by atoms with Gasteiger partial charge < -0.3 is 24.8 Å². The van der Waals surface area contributed by atoms with Crippen molar-refractivity contribution in [2.24, 2.45) is 0 Å². The number of aromatic nitrogens is 1. The van der Waals surface area contributed by atoms with Crippen molar-refractivity contribution < 1.29 is 28.6 Å². The van der Waals surface area contributed by atoms with Crippen LogP contribution < -0.4 is 10.6 Å². The second kappa shape index (κ2) is 11.7. The molecule has 0 spiro atoms. The van der Waals surface area contributed by atoms with E-state index in [0.29, 0.717) is 38.9 Å². The zero-order chi connectivity index (χ0) is 25.5. The number of rotatable bonds is 9. The smallest absolute Gasteiger partial charge is 0.357 e. The van der Waals surface area contributed by atoms with E-state index in [1.165, 1.54) is 11.3 Å². The van der Waals surface area contributed by atoms with Crippen LogP contribution in [-0.4, -0.2) is 42.7 Å². The molecule has 0 unspecified atom stereocenters. The van der Waals surface area contributed by atoms with Gasteiger partial charge >= 0.3 is 17.9 Å². The highest BCUT2D eigenvalue weighted by Gasteiger charge is 2.39. The molecule has 2 N–H and O–H groups in total. The average Bonchev–Trinajstić information content (AvgIpc) is 3.28. The summed E-state index contributed by atoms with van der Waals surface area (Å²) in [6.45, 7) is 9.36. The molecule has 9 nitrogen and oxygen atoms in total. The molecule has 35 heavy (non-hydrogen) atoms. The average molecular weight is 500 g/mol. The lowest BCUT2D eigenvalue weighted by molar-refractivity contribution is -0.139. The molecule has 1 aliphatic rings. The van der Waals surface area contributed by atoms with E-state index in [1.54, 1.807) is 40.0 Å². The molecule has 10 heteroatoms. The minimum atomic E-state index is -0.748. The van der Waals surface area contributed by atoms with E-state index in [2.05, 4.69) is 15.6 Å². The van der Waals surface area contributed by atoms with Crippen molar-refractivity contribution in [2.45, 2.75) is 40.5 Å². The van der Waals surface area contributed by atoms with Crippen LogP contribution in [0.1, 0.15) is 56.6 Å². The summed E-state index contributed by atoms with van der Waals surface area (Å²) in [6, 6.07) is 7.30. The molecule has 3 rings (SSSR count). The summed E-state index contributed by atoms with van der Waals surface area (Å²) in [5.41, 5.74) is 3.30. The standard InChI is InChI=1S/C25H29N3O6S/c1-6-32-22(29)18-13-35-25(28-18)27-17-12-10-9-11-16(17)21-19(23(30)33-7-2)14(4)26-15(5)20(21)24(31)34-8-3/h9-13,21,26H,6-8H2,1-5H3,(H,27,28). The lowest BCUT2D eigenvalue weighted by Crippen LogP contribution is -2.32. The van der Waals surface area contributed by atoms with Crippen LogP contribution >= 0.6 is 11.3 Å². The number of carbonyl (C=O) groups is 3. The fraction of sp³-hybridized carbons (Fsp3) is 0.360. The van der Waals surface area contributed by atoms with Crippen LogP contribution in [0.5, 0.6) is 0 Å². The Hall–Kier alpha value is -3.66. The van der Waals surface area contributed by atoms with Crippen molar-refractivity contribution in [3.8, 4) is 0 Å². The predicted molar refractivity (Wildman–Crippen MR) is 132 cm³/mol. The van der Waals surface area contributed by atoms with Crippen LogP contribution in [0.3, 0.4) is 0 Å². The maximum Gasteiger partial charge on any atom is 0.357 e. The normalized spacial score (nSPS) is 13.9. The Labute approximate surface area is 208 Å². The summed E-state index contributed by atoms with van der Waals surface area (Å²) in [6.07, 6.45) is 0. The number of nitrogens with zero attached hydrogens (tertiary/aromatic N) is 1. The predicted octanol–water partition coefficient (Wildman–Crippen LogP) is 4.42. The zero-order valence-corrected chi connectivity index (χ0v) is 21.2. The summed E-state index contributed by atoms with van der Waals surface area (Å²) < 4.78 is 15.7. The molecule has 0 fully saturated rings. The fourth-order valence-corrected chi connectivity index (χ4v) is 4.56. The third kappa shape index (κ3) is 5.71. The Kier molecular flexibility index (Phi) is 8.64. The van der Waals surface area contributed by atoms with Gasteiger partial charge in [0.25, 0.3) is 0 Å². The molecule has 0 aliphatic carbocycles. The first kappa shape index (κ1) is 26.0. The largest absolute Gasteiger partial charge is 0.463 e. The quantitative estimate of drug-likeness (QED) is 0.382. The van der Waals surface area contributed by atoms with Crippen molar-refractivity contribution in [1.82, 2.24) is 10.3 Å². The summed E-state index contributed by atoms with van der Waals surface area (Å²) in [5, 5.41) is 8.43. The van der Waals surface area contributed by atoms with Gasteiger partial charge in [-0.05, 0) is 46.2 Å². The Morgan fingerprint density at radius 1 is 0.914 bits per heavy atom. The first-order valence-electron chi connectivity index (χ1n) is 11.3. The highest BCUT2D eigenvalue weighted by Crippen LogP contribution is 2.42. The van der Waals surface area contributed by atoms with Gasteiger partial charge in [-0.15, -0.1) is 11.3 Å². The second-order valence-corrected chi connectivity index (χ2v) is 8.41. The number of para-hydroxylation sites is 1. The topological polar surface area (TPSA) is 116 Å². The third-order valence-corrected chi connectivity index (χ3v) is 6.01. The van der Waals surface area contributed by atoms with Crippen molar-refractivity contribution in [2.75, 3.05) is 25.1 Å². The lowest BCUT2D eigenvalue weighted by Gasteiger charge is -2.31. The van der Waals surface area contributed by atoms with E-state index in [1.807, 2.05) is 24.3 Å². The molecule has 2 aromatic rings. The minimum absolute atomic E-state index is 0.190. The van der Waals surface area contributed by atoms with Crippen LogP contribution in [0.4, 0.5) is 10.8 Å². The number of nitrogens with one attached hydrogen (secondary N) is 2. The fourth-order valence-electron chi connectivity index (χ4n) is 3.87. The number of thiazole rings is 1. The summed E-state index contributed by atoms with van der Waals surface area (Å²) in [5.74, 6) is -2.30. The molecule has 186 valence electrons. The number of hydrogen-bond acceptors (Lipinski definition) is 10. The Bertz CT molecular complexity index is 1140. The maximum absolute atomic E-state index is 13.1. The van der Waals surface area contributed by atoms with Gasteiger partial charge in [-0.2, -0.15) is 0 Å². The number of esters is 3. The highest BCUT2D eigenvalue weighted by molar-refractivity contribution is 7.14. The number of allylic oxidation sites excluding steroid dienone is 2. The van der Waals surface area contributed by atoms with Gasteiger partial charge in [0.05, 0.1) is 36.9 Å². The van der Waals surface area contributed by atoms with Crippen molar-refractivity contribution >= 4 is 40.1 Å². The summed E-state index contributed by atoms with van der Waals surface area (Å²) in [7, 11) is 0. The van der Waals surface area contributed by atoms with Crippen LogP contribution in [0.2, 0.25) is 0 Å². The molecular weight excluding hydrogens is 470 g/mol. The lowest BCUT2D eigenvalue weighted by atomic mass is 9.79. The molecule has 1 aromatic heterocycles. The number of carbonyl (C=O) groups excluding carboxylic acids is 3. The number of benzene rings is 1. The van der Waals surface area contributed by atoms with E-state index in [4.69, 9.17) is 14.2 Å². The van der Waals surface area contributed by atoms with Crippen LogP contribution in [0.15, 0.2) is 52.2 Å². The highest BCUT2D eigenvalue weighted by atomic mass is 32.1. The molecule has 0 bridgehead atoms. The van der Waals surface area contributed by atoms with Crippen molar-refractivity contribution in [3.63, 3.8) is 0 Å². The number of hydrogen-bond donors (Lipinski definition) is 2. The molecule has 1 aliphatic heterocycles. The van der Waals surface area contributed by atoms with Crippen LogP contribution in [0, 0.1) is 0 Å². The monoisotopic (exact) mass is 499 g/mol. The van der Waals surface area contributed by atoms with E-state index in [9.17, 15) is 14.4 Å². The van der Waals surface area contributed by atoms with Gasteiger partial charge in [-0.25, -0.2) is 19.4 Å².